The van der Waals surface area contributed by atoms with Crippen LogP contribution in [-0.2, 0) is 16.0 Å². The Labute approximate surface area is 168 Å². The predicted molar refractivity (Wildman–Crippen MR) is 110 cm³/mol. The van der Waals surface area contributed by atoms with Crippen LogP contribution >= 0.6 is 0 Å². The highest BCUT2D eigenvalue weighted by Crippen LogP contribution is 2.60. The Morgan fingerprint density at radius 2 is 1.71 bits per heavy atom. The van der Waals surface area contributed by atoms with E-state index in [-0.39, 0.29) is 17.4 Å². The average Bonchev–Trinajstić information content (AvgIpc) is 3.16. The van der Waals surface area contributed by atoms with Gasteiger partial charge >= 0.3 is 0 Å². The van der Waals surface area contributed by atoms with E-state index in [9.17, 15) is 9.59 Å². The summed E-state index contributed by atoms with van der Waals surface area (Å²) in [5, 5.41) is 3.13. The second kappa shape index (κ2) is 6.89. The van der Waals surface area contributed by atoms with E-state index in [2.05, 4.69) is 18.3 Å². The Balaban J connectivity index is 1.34. The van der Waals surface area contributed by atoms with Crippen LogP contribution in [-0.4, -0.2) is 29.3 Å². The molecule has 1 N–H and O–H groups in total. The molecule has 4 saturated carbocycles. The van der Waals surface area contributed by atoms with Gasteiger partial charge in [-0.2, -0.15) is 0 Å². The van der Waals surface area contributed by atoms with Gasteiger partial charge in [0.25, 0.3) is 0 Å². The monoisotopic (exact) mass is 380 g/mol. The van der Waals surface area contributed by atoms with Gasteiger partial charge in [-0.05, 0) is 87.2 Å². The van der Waals surface area contributed by atoms with Crippen molar-refractivity contribution in [1.82, 2.24) is 4.90 Å². The van der Waals surface area contributed by atoms with Gasteiger partial charge in [0.15, 0.2) is 0 Å². The summed E-state index contributed by atoms with van der Waals surface area (Å²) < 4.78 is 0. The fourth-order valence-electron chi connectivity index (χ4n) is 7.13. The van der Waals surface area contributed by atoms with Crippen molar-refractivity contribution in [1.29, 1.82) is 0 Å². The molecule has 0 unspecified atom stereocenters. The molecule has 0 radical (unpaired) electrons. The third-order valence-corrected chi connectivity index (χ3v) is 7.96. The number of carbonyl (C=O) groups excluding carboxylic acids is 2. The smallest absolute Gasteiger partial charge is 0.247 e. The third kappa shape index (κ3) is 2.96. The molecule has 4 heteroatoms. The lowest BCUT2D eigenvalue weighted by atomic mass is 9.49. The summed E-state index contributed by atoms with van der Waals surface area (Å²) >= 11 is 0. The maximum Gasteiger partial charge on any atom is 0.247 e. The lowest BCUT2D eigenvalue weighted by molar-refractivity contribution is -0.160. The van der Waals surface area contributed by atoms with Gasteiger partial charge in [0.05, 0.1) is 5.41 Å². The van der Waals surface area contributed by atoms with Crippen LogP contribution in [0.5, 0.6) is 0 Å². The normalized spacial score (nSPS) is 36.0. The molecule has 1 aromatic rings. The van der Waals surface area contributed by atoms with Crippen molar-refractivity contribution in [3.63, 3.8) is 0 Å². The number of likely N-dealkylation sites (tertiary alicyclic amines) is 1. The molecule has 1 saturated heterocycles. The molecule has 2 amide bonds. The number of rotatable bonds is 4. The van der Waals surface area contributed by atoms with Crippen LogP contribution in [0.2, 0.25) is 0 Å². The number of amides is 2. The van der Waals surface area contributed by atoms with E-state index in [0.717, 1.165) is 74.1 Å². The molecule has 4 nitrogen and oxygen atoms in total. The summed E-state index contributed by atoms with van der Waals surface area (Å²) in [4.78, 5) is 28.8. The number of carbonyl (C=O) groups is 2. The Bertz CT molecular complexity index is 751. The molecule has 0 aromatic heterocycles. The molecule has 28 heavy (non-hydrogen) atoms. The highest BCUT2D eigenvalue weighted by atomic mass is 16.2. The first kappa shape index (κ1) is 18.2. The minimum Gasteiger partial charge on any atom is -0.330 e. The van der Waals surface area contributed by atoms with Gasteiger partial charge in [-0.1, -0.05) is 25.1 Å². The minimum absolute atomic E-state index is 0.00326. The van der Waals surface area contributed by atoms with Crippen molar-refractivity contribution in [2.75, 3.05) is 11.9 Å². The molecule has 150 valence electrons. The number of hydrogen-bond acceptors (Lipinski definition) is 2. The van der Waals surface area contributed by atoms with Crippen molar-refractivity contribution in [2.45, 2.75) is 70.8 Å². The summed E-state index contributed by atoms with van der Waals surface area (Å²) in [6.45, 7) is 2.84. The van der Waals surface area contributed by atoms with Gasteiger partial charge in [-0.3, -0.25) is 9.59 Å². The van der Waals surface area contributed by atoms with Crippen LogP contribution in [0.4, 0.5) is 5.69 Å². The molecule has 1 heterocycles. The van der Waals surface area contributed by atoms with Crippen LogP contribution in [0.1, 0.15) is 63.9 Å². The molecule has 0 spiro atoms. The third-order valence-electron chi connectivity index (χ3n) is 7.96. The van der Waals surface area contributed by atoms with Crippen molar-refractivity contribution in [3.05, 3.63) is 29.8 Å². The Morgan fingerprint density at radius 1 is 1.07 bits per heavy atom. The molecule has 5 fully saturated rings. The maximum atomic E-state index is 13.7. The van der Waals surface area contributed by atoms with Crippen molar-refractivity contribution in [3.8, 4) is 0 Å². The van der Waals surface area contributed by atoms with Crippen LogP contribution in [0.15, 0.2) is 24.3 Å². The fourth-order valence-corrected chi connectivity index (χ4v) is 7.13. The first-order chi connectivity index (χ1) is 13.6. The second-order valence-electron chi connectivity index (χ2n) is 9.85. The van der Waals surface area contributed by atoms with Gasteiger partial charge in [0.2, 0.25) is 11.8 Å². The predicted octanol–water partition coefficient (Wildman–Crippen LogP) is 4.39. The average molecular weight is 381 g/mol. The van der Waals surface area contributed by atoms with Crippen molar-refractivity contribution < 1.29 is 9.59 Å². The number of hydrogen-bond donors (Lipinski definition) is 1. The maximum absolute atomic E-state index is 13.7. The number of benzene rings is 1. The Hall–Kier alpha value is -1.84. The minimum atomic E-state index is -0.301. The molecule has 4 aliphatic carbocycles. The highest BCUT2D eigenvalue weighted by molar-refractivity contribution is 5.98. The lowest BCUT2D eigenvalue weighted by Crippen LogP contribution is -2.56. The van der Waals surface area contributed by atoms with Gasteiger partial charge in [-0.15, -0.1) is 0 Å². The van der Waals surface area contributed by atoms with E-state index in [0.29, 0.717) is 5.91 Å². The van der Waals surface area contributed by atoms with E-state index in [1.807, 2.05) is 23.1 Å². The largest absolute Gasteiger partial charge is 0.330 e. The summed E-state index contributed by atoms with van der Waals surface area (Å²) in [5.41, 5.74) is 1.88. The summed E-state index contributed by atoms with van der Waals surface area (Å²) in [5.74, 6) is 2.55. The van der Waals surface area contributed by atoms with E-state index in [1.165, 1.54) is 19.3 Å². The van der Waals surface area contributed by atoms with Crippen LogP contribution in [0, 0.1) is 23.2 Å². The zero-order chi connectivity index (χ0) is 19.3. The van der Waals surface area contributed by atoms with E-state index < -0.39 is 0 Å². The molecular formula is C24H32N2O2. The summed E-state index contributed by atoms with van der Waals surface area (Å²) in [6, 6.07) is 7.69. The molecule has 4 bridgehead atoms. The molecule has 6 rings (SSSR count). The molecule has 1 aromatic carbocycles. The molecule has 5 aliphatic rings. The highest BCUT2D eigenvalue weighted by Gasteiger charge is 2.56. The number of para-hydroxylation sites is 1. The van der Waals surface area contributed by atoms with Crippen LogP contribution < -0.4 is 5.32 Å². The van der Waals surface area contributed by atoms with Gasteiger partial charge in [0.1, 0.15) is 6.04 Å². The summed E-state index contributed by atoms with van der Waals surface area (Å²) in [7, 11) is 0. The van der Waals surface area contributed by atoms with Crippen LogP contribution in [0.3, 0.4) is 0 Å². The van der Waals surface area contributed by atoms with Gasteiger partial charge in [0, 0.05) is 12.2 Å². The molecular weight excluding hydrogens is 348 g/mol. The van der Waals surface area contributed by atoms with Crippen molar-refractivity contribution >= 4 is 17.5 Å². The Morgan fingerprint density at radius 3 is 2.36 bits per heavy atom. The van der Waals surface area contributed by atoms with Gasteiger partial charge in [-0.25, -0.2) is 0 Å². The van der Waals surface area contributed by atoms with Crippen molar-refractivity contribution in [2.24, 2.45) is 23.2 Å². The SMILES string of the molecule is CCc1ccccc1NC(=O)[C@@H]1CCCN1C(=O)C12CC3CC(CC(C3)C1)C2. The number of nitrogens with zero attached hydrogens (tertiary/aromatic N) is 1. The molecule has 1 atom stereocenters. The quantitative estimate of drug-likeness (QED) is 0.842. The summed E-state index contributed by atoms with van der Waals surface area (Å²) in [6.07, 6.45) is 9.84. The topological polar surface area (TPSA) is 49.4 Å². The van der Waals surface area contributed by atoms with Crippen LogP contribution in [0.25, 0.3) is 0 Å². The number of nitrogens with one attached hydrogen (secondary N) is 1. The first-order valence-electron chi connectivity index (χ1n) is 11.3. The standard InChI is InChI=1S/C24H32N2O2/c1-2-19-6-3-4-7-20(19)25-22(27)21-8-5-9-26(21)23(28)24-13-16-10-17(14-24)12-18(11-16)15-24/h3-4,6-7,16-18,21H,2,5,8-15H2,1H3,(H,25,27)/t16?,17?,18?,21-,24?/m0/s1. The number of anilines is 1. The fraction of sp³-hybridized carbons (Fsp3) is 0.667. The van der Waals surface area contributed by atoms with E-state index in [1.54, 1.807) is 0 Å². The van der Waals surface area contributed by atoms with E-state index in [4.69, 9.17) is 0 Å². The van der Waals surface area contributed by atoms with Gasteiger partial charge < -0.3 is 10.2 Å². The first-order valence-corrected chi connectivity index (χ1v) is 11.3. The zero-order valence-corrected chi connectivity index (χ0v) is 17.0. The molecule has 1 aliphatic heterocycles. The zero-order valence-electron chi connectivity index (χ0n) is 17.0. The lowest BCUT2D eigenvalue weighted by Gasteiger charge is -2.56. The second-order valence-corrected chi connectivity index (χ2v) is 9.85. The Kier molecular flexibility index (Phi) is 4.48. The van der Waals surface area contributed by atoms with E-state index >= 15 is 0 Å². The number of aryl methyl sites for hydroxylation is 1.